The SMILES string of the molecule is CN=C(NCc1ccc(-n2ccnc2C)nc1)NC1CCc2nc(COC)nn2C1. The summed E-state index contributed by atoms with van der Waals surface area (Å²) in [5.74, 6) is 4.28. The van der Waals surface area contributed by atoms with E-state index >= 15 is 0 Å². The number of hydrogen-bond acceptors (Lipinski definition) is 6. The van der Waals surface area contributed by atoms with Gasteiger partial charge in [-0.15, -0.1) is 0 Å². The lowest BCUT2D eigenvalue weighted by Crippen LogP contribution is -2.46. The summed E-state index contributed by atoms with van der Waals surface area (Å²) >= 11 is 0. The molecule has 10 nitrogen and oxygen atoms in total. The van der Waals surface area contributed by atoms with E-state index in [0.717, 1.165) is 54.2 Å². The minimum Gasteiger partial charge on any atom is -0.377 e. The minimum absolute atomic E-state index is 0.241. The Kier molecular flexibility index (Phi) is 6.03. The van der Waals surface area contributed by atoms with Crippen LogP contribution in [0.3, 0.4) is 0 Å². The molecule has 158 valence electrons. The molecule has 4 heterocycles. The van der Waals surface area contributed by atoms with Gasteiger partial charge in [0.1, 0.15) is 24.1 Å². The maximum absolute atomic E-state index is 5.13. The van der Waals surface area contributed by atoms with Crippen LogP contribution in [-0.4, -0.2) is 55.5 Å². The highest BCUT2D eigenvalue weighted by Gasteiger charge is 2.22. The quantitative estimate of drug-likeness (QED) is 0.462. The Bertz CT molecular complexity index is 1010. The molecule has 0 spiro atoms. The van der Waals surface area contributed by atoms with Crippen molar-refractivity contribution in [2.24, 2.45) is 4.99 Å². The first-order valence-electron chi connectivity index (χ1n) is 10.00. The zero-order valence-electron chi connectivity index (χ0n) is 17.5. The summed E-state index contributed by atoms with van der Waals surface area (Å²) in [5.41, 5.74) is 1.07. The maximum atomic E-state index is 5.13. The monoisotopic (exact) mass is 409 g/mol. The van der Waals surface area contributed by atoms with Crippen LogP contribution in [0.15, 0.2) is 35.7 Å². The molecule has 3 aromatic heterocycles. The largest absolute Gasteiger partial charge is 0.377 e. The van der Waals surface area contributed by atoms with E-state index in [-0.39, 0.29) is 6.04 Å². The van der Waals surface area contributed by atoms with Crippen molar-refractivity contribution >= 4 is 5.96 Å². The molecule has 0 saturated carbocycles. The Morgan fingerprint density at radius 2 is 2.23 bits per heavy atom. The zero-order chi connectivity index (χ0) is 20.9. The van der Waals surface area contributed by atoms with Gasteiger partial charge < -0.3 is 15.4 Å². The molecule has 0 radical (unpaired) electrons. The number of hydrogen-bond donors (Lipinski definition) is 2. The van der Waals surface area contributed by atoms with Crippen molar-refractivity contribution in [3.63, 3.8) is 0 Å². The van der Waals surface area contributed by atoms with Gasteiger partial charge >= 0.3 is 0 Å². The smallest absolute Gasteiger partial charge is 0.191 e. The molecule has 1 atom stereocenters. The lowest BCUT2D eigenvalue weighted by molar-refractivity contribution is 0.177. The van der Waals surface area contributed by atoms with Crippen molar-refractivity contribution in [1.29, 1.82) is 0 Å². The molecule has 0 fully saturated rings. The van der Waals surface area contributed by atoms with E-state index in [1.807, 2.05) is 34.6 Å². The summed E-state index contributed by atoms with van der Waals surface area (Å²) in [6, 6.07) is 4.29. The van der Waals surface area contributed by atoms with Gasteiger partial charge in [-0.3, -0.25) is 9.56 Å². The van der Waals surface area contributed by atoms with Crippen LogP contribution >= 0.6 is 0 Å². The number of guanidine groups is 1. The average Bonchev–Trinajstić information content (AvgIpc) is 3.37. The molecule has 2 N–H and O–H groups in total. The summed E-state index contributed by atoms with van der Waals surface area (Å²) in [6.07, 6.45) is 7.41. The van der Waals surface area contributed by atoms with E-state index < -0.39 is 0 Å². The number of aromatic nitrogens is 6. The highest BCUT2D eigenvalue weighted by Crippen LogP contribution is 2.13. The van der Waals surface area contributed by atoms with Crippen LogP contribution in [0.25, 0.3) is 5.82 Å². The Balaban J connectivity index is 1.31. The summed E-state index contributed by atoms with van der Waals surface area (Å²) < 4.78 is 9.05. The fraction of sp³-hybridized carbons (Fsp3) is 0.450. The second-order valence-corrected chi connectivity index (χ2v) is 7.23. The Hall–Kier alpha value is -3.27. The maximum Gasteiger partial charge on any atom is 0.191 e. The van der Waals surface area contributed by atoms with Gasteiger partial charge in [0.15, 0.2) is 11.8 Å². The van der Waals surface area contributed by atoms with Gasteiger partial charge in [0.05, 0.1) is 6.54 Å². The first-order valence-corrected chi connectivity index (χ1v) is 10.00. The summed E-state index contributed by atoms with van der Waals surface area (Å²) in [7, 11) is 3.43. The number of nitrogens with one attached hydrogen (secondary N) is 2. The fourth-order valence-corrected chi connectivity index (χ4v) is 3.53. The standard InChI is InChI=1S/C20H27N9O/c1-14-22-8-9-28(14)18-6-4-15(10-23-18)11-24-20(21-2)25-16-5-7-19-26-17(13-30-3)27-29(19)12-16/h4,6,8-10,16H,5,7,11-13H2,1-3H3,(H2,21,24,25). The average molecular weight is 409 g/mol. The van der Waals surface area contributed by atoms with E-state index in [0.29, 0.717) is 13.2 Å². The topological polar surface area (TPSA) is 107 Å². The molecule has 10 heteroatoms. The summed E-state index contributed by atoms with van der Waals surface area (Å²) in [4.78, 5) is 17.6. The molecular formula is C20H27N9O. The predicted octanol–water partition coefficient (Wildman–Crippen LogP) is 0.994. The first-order chi connectivity index (χ1) is 14.7. The predicted molar refractivity (Wildman–Crippen MR) is 112 cm³/mol. The molecule has 30 heavy (non-hydrogen) atoms. The van der Waals surface area contributed by atoms with Gasteiger partial charge in [-0.25, -0.2) is 19.6 Å². The van der Waals surface area contributed by atoms with Gasteiger partial charge in [-0.2, -0.15) is 5.10 Å². The van der Waals surface area contributed by atoms with E-state index in [1.165, 1.54) is 0 Å². The highest BCUT2D eigenvalue weighted by molar-refractivity contribution is 5.79. The van der Waals surface area contributed by atoms with Crippen LogP contribution in [0.4, 0.5) is 0 Å². The number of imidazole rings is 1. The van der Waals surface area contributed by atoms with Crippen LogP contribution < -0.4 is 10.6 Å². The van der Waals surface area contributed by atoms with Crippen molar-refractivity contribution in [3.05, 3.63) is 53.8 Å². The molecule has 1 aliphatic rings. The normalized spacial score (nSPS) is 16.4. The van der Waals surface area contributed by atoms with E-state index in [4.69, 9.17) is 4.74 Å². The Morgan fingerprint density at radius 3 is 2.93 bits per heavy atom. The number of methoxy groups -OCH3 is 1. The second kappa shape index (κ2) is 9.04. The van der Waals surface area contributed by atoms with Gasteiger partial charge in [0.2, 0.25) is 0 Å². The van der Waals surface area contributed by atoms with Crippen LogP contribution in [0.1, 0.15) is 29.5 Å². The summed E-state index contributed by atoms with van der Waals surface area (Å²) in [5, 5.41) is 11.4. The Labute approximate surface area is 175 Å². The van der Waals surface area contributed by atoms with Crippen LogP contribution in [0.5, 0.6) is 0 Å². The molecule has 0 aromatic carbocycles. The van der Waals surface area contributed by atoms with Gasteiger partial charge in [-0.05, 0) is 25.0 Å². The number of ether oxygens (including phenoxy) is 1. The van der Waals surface area contributed by atoms with Crippen LogP contribution in [-0.2, 0) is 30.9 Å². The van der Waals surface area contributed by atoms with Gasteiger partial charge in [0, 0.05) is 51.8 Å². The molecule has 1 aliphatic heterocycles. The third-order valence-electron chi connectivity index (χ3n) is 5.08. The molecule has 4 rings (SSSR count). The molecule has 1 unspecified atom stereocenters. The third kappa shape index (κ3) is 4.48. The highest BCUT2D eigenvalue weighted by atomic mass is 16.5. The first kappa shape index (κ1) is 20.0. The number of pyridine rings is 1. The minimum atomic E-state index is 0.241. The van der Waals surface area contributed by atoms with Crippen LogP contribution in [0.2, 0.25) is 0 Å². The van der Waals surface area contributed by atoms with Gasteiger partial charge in [0.25, 0.3) is 0 Å². The van der Waals surface area contributed by atoms with Crippen molar-refractivity contribution in [2.45, 2.75) is 45.5 Å². The zero-order valence-corrected chi connectivity index (χ0v) is 17.5. The van der Waals surface area contributed by atoms with Crippen molar-refractivity contribution in [2.75, 3.05) is 14.2 Å². The molecule has 0 aliphatic carbocycles. The summed E-state index contributed by atoms with van der Waals surface area (Å²) in [6.45, 7) is 3.79. The molecule has 3 aromatic rings. The molecule has 0 amide bonds. The van der Waals surface area contributed by atoms with Crippen molar-refractivity contribution < 1.29 is 4.74 Å². The molecule has 0 saturated heterocycles. The van der Waals surface area contributed by atoms with E-state index in [9.17, 15) is 0 Å². The third-order valence-corrected chi connectivity index (χ3v) is 5.08. The fourth-order valence-electron chi connectivity index (χ4n) is 3.53. The van der Waals surface area contributed by atoms with E-state index in [2.05, 4.69) is 41.7 Å². The van der Waals surface area contributed by atoms with Gasteiger partial charge in [-0.1, -0.05) is 6.07 Å². The van der Waals surface area contributed by atoms with Crippen molar-refractivity contribution in [3.8, 4) is 5.82 Å². The van der Waals surface area contributed by atoms with E-state index in [1.54, 1.807) is 20.4 Å². The Morgan fingerprint density at radius 1 is 1.33 bits per heavy atom. The number of fused-ring (bicyclic) bond motifs is 1. The lowest BCUT2D eigenvalue weighted by atomic mass is 10.1. The lowest BCUT2D eigenvalue weighted by Gasteiger charge is -2.25. The molecule has 0 bridgehead atoms. The number of rotatable bonds is 6. The number of nitrogens with zero attached hydrogens (tertiary/aromatic N) is 7. The molecular weight excluding hydrogens is 382 g/mol. The van der Waals surface area contributed by atoms with Crippen LogP contribution in [0, 0.1) is 6.92 Å². The van der Waals surface area contributed by atoms with Crippen molar-refractivity contribution in [1.82, 2.24) is 39.9 Å². The second-order valence-electron chi connectivity index (χ2n) is 7.23. The number of aryl methyl sites for hydroxylation is 2. The number of aliphatic imine (C=N–C) groups is 1.